The van der Waals surface area contributed by atoms with Crippen molar-refractivity contribution in [1.29, 1.82) is 0 Å². The van der Waals surface area contributed by atoms with Crippen LogP contribution in [0.5, 0.6) is 0 Å². The Bertz CT molecular complexity index is 544. The fourth-order valence-corrected chi connectivity index (χ4v) is 7.28. The maximum Gasteiger partial charge on any atom is 0.306 e. The molecule has 0 aliphatic heterocycles. The topological polar surface area (TPSA) is 37.3 Å². The van der Waals surface area contributed by atoms with Gasteiger partial charge >= 0.3 is 5.97 Å². The van der Waals surface area contributed by atoms with Crippen LogP contribution in [0, 0.1) is 11.8 Å². The van der Waals surface area contributed by atoms with Gasteiger partial charge in [0.05, 0.1) is 5.92 Å². The minimum atomic E-state index is -0.516. The van der Waals surface area contributed by atoms with Crippen LogP contribution in [0.25, 0.3) is 0 Å². The zero-order chi connectivity index (χ0) is 32.2. The predicted octanol–water partition coefficient (Wildman–Crippen LogP) is 15.4. The van der Waals surface area contributed by atoms with Crippen molar-refractivity contribution in [3.63, 3.8) is 0 Å². The average Bonchev–Trinajstić information content (AvgIpc) is 3.02. The first-order valence-corrected chi connectivity index (χ1v) is 20.9. The van der Waals surface area contributed by atoms with E-state index in [0.29, 0.717) is 5.92 Å². The molecule has 264 valence electrons. The van der Waals surface area contributed by atoms with E-state index in [4.69, 9.17) is 0 Å². The third kappa shape index (κ3) is 31.5. The highest BCUT2D eigenvalue weighted by atomic mass is 16.4. The van der Waals surface area contributed by atoms with Gasteiger partial charge in [-0.1, -0.05) is 233 Å². The Kier molecular flexibility index (Phi) is 36.5. The van der Waals surface area contributed by atoms with Gasteiger partial charge in [-0.05, 0) is 25.2 Å². The van der Waals surface area contributed by atoms with Gasteiger partial charge in [0.1, 0.15) is 0 Å². The number of carboxylic acid groups (broad SMARTS) is 1. The molecule has 2 nitrogen and oxygen atoms in total. The minimum Gasteiger partial charge on any atom is -0.481 e. The minimum absolute atomic E-state index is 0.111. The Morgan fingerprint density at radius 2 is 0.545 bits per heavy atom. The van der Waals surface area contributed by atoms with E-state index in [1.165, 1.54) is 205 Å². The summed E-state index contributed by atoms with van der Waals surface area (Å²) in [6, 6.07) is 0. The molecule has 0 aliphatic carbocycles. The first-order chi connectivity index (χ1) is 21.7. The van der Waals surface area contributed by atoms with Crippen LogP contribution >= 0.6 is 0 Å². The van der Waals surface area contributed by atoms with E-state index >= 15 is 0 Å². The number of hydrogen-bond acceptors (Lipinski definition) is 1. The molecule has 1 N–H and O–H groups in total. The summed E-state index contributed by atoms with van der Waals surface area (Å²) in [7, 11) is 0. The summed E-state index contributed by atoms with van der Waals surface area (Å²) in [5.74, 6) is -0.230. The van der Waals surface area contributed by atoms with Gasteiger partial charge in [-0.25, -0.2) is 0 Å². The molecule has 0 rings (SSSR count). The summed E-state index contributed by atoms with van der Waals surface area (Å²) >= 11 is 0. The standard InChI is InChI=1S/C42H84O2/c1-4-7-10-13-15-17-19-21-23-25-27-29-31-33-35-38-40(41(42(43)44)39-36-12-9-6-3)37-34-32-30-28-26-24-22-20-18-16-14-11-8-5-2/h40-41H,4-39H2,1-3H3,(H,43,44). The second kappa shape index (κ2) is 36.9. The van der Waals surface area contributed by atoms with Crippen molar-refractivity contribution >= 4 is 5.97 Å². The molecule has 0 aromatic heterocycles. The maximum absolute atomic E-state index is 12.3. The SMILES string of the molecule is CCCCCCCCCCCCCCCCCC(CCCCCCCCCCCCCCCC)C(CCCCCC)C(=O)O. The van der Waals surface area contributed by atoms with Gasteiger partial charge in [0, 0.05) is 0 Å². The second-order valence-corrected chi connectivity index (χ2v) is 14.7. The quantitative estimate of drug-likeness (QED) is 0.0697. The van der Waals surface area contributed by atoms with E-state index < -0.39 is 5.97 Å². The molecule has 0 spiro atoms. The predicted molar refractivity (Wildman–Crippen MR) is 198 cm³/mol. The van der Waals surface area contributed by atoms with E-state index in [9.17, 15) is 9.90 Å². The van der Waals surface area contributed by atoms with Crippen molar-refractivity contribution in [3.05, 3.63) is 0 Å². The molecule has 44 heavy (non-hydrogen) atoms. The normalized spacial score (nSPS) is 13.0. The molecule has 0 heterocycles. The smallest absolute Gasteiger partial charge is 0.306 e. The molecule has 0 aliphatic rings. The number of carboxylic acids is 1. The number of unbranched alkanes of at least 4 members (excludes halogenated alkanes) is 30. The molecule has 0 saturated carbocycles. The van der Waals surface area contributed by atoms with Crippen molar-refractivity contribution in [1.82, 2.24) is 0 Å². The van der Waals surface area contributed by atoms with Crippen LogP contribution in [-0.2, 0) is 4.79 Å². The van der Waals surface area contributed by atoms with Crippen LogP contribution in [0.1, 0.15) is 252 Å². The second-order valence-electron chi connectivity index (χ2n) is 14.7. The van der Waals surface area contributed by atoms with Crippen LogP contribution in [0.3, 0.4) is 0 Å². The van der Waals surface area contributed by atoms with Crippen LogP contribution < -0.4 is 0 Å². The molecule has 0 aromatic carbocycles. The molecule has 2 unspecified atom stereocenters. The third-order valence-corrected chi connectivity index (χ3v) is 10.4. The van der Waals surface area contributed by atoms with Gasteiger partial charge in [0.25, 0.3) is 0 Å². The van der Waals surface area contributed by atoms with Crippen molar-refractivity contribution in [2.45, 2.75) is 252 Å². The summed E-state index contributed by atoms with van der Waals surface area (Å²) in [5, 5.41) is 10.1. The molecule has 0 radical (unpaired) electrons. The number of carbonyl (C=O) groups is 1. The van der Waals surface area contributed by atoms with Gasteiger partial charge < -0.3 is 5.11 Å². The monoisotopic (exact) mass is 621 g/mol. The van der Waals surface area contributed by atoms with Gasteiger partial charge in [0.15, 0.2) is 0 Å². The van der Waals surface area contributed by atoms with E-state index in [2.05, 4.69) is 20.8 Å². The fraction of sp³-hybridized carbons (Fsp3) is 0.976. The summed E-state index contributed by atoms with van der Waals surface area (Å²) in [4.78, 5) is 12.3. The molecule has 2 atom stereocenters. The van der Waals surface area contributed by atoms with Crippen molar-refractivity contribution in [2.24, 2.45) is 11.8 Å². The lowest BCUT2D eigenvalue weighted by atomic mass is 9.80. The number of aliphatic carboxylic acids is 1. The first kappa shape index (κ1) is 43.5. The van der Waals surface area contributed by atoms with Gasteiger partial charge in [-0.15, -0.1) is 0 Å². The Morgan fingerprint density at radius 3 is 0.795 bits per heavy atom. The average molecular weight is 621 g/mol. The van der Waals surface area contributed by atoms with Gasteiger partial charge in [-0.3, -0.25) is 4.79 Å². The van der Waals surface area contributed by atoms with Gasteiger partial charge in [-0.2, -0.15) is 0 Å². The molecular weight excluding hydrogens is 536 g/mol. The largest absolute Gasteiger partial charge is 0.481 e. The van der Waals surface area contributed by atoms with E-state index in [0.717, 1.165) is 25.7 Å². The summed E-state index contributed by atoms with van der Waals surface area (Å²) < 4.78 is 0. The zero-order valence-electron chi connectivity index (χ0n) is 31.0. The Morgan fingerprint density at radius 1 is 0.341 bits per heavy atom. The third-order valence-electron chi connectivity index (χ3n) is 10.4. The highest BCUT2D eigenvalue weighted by Crippen LogP contribution is 2.30. The van der Waals surface area contributed by atoms with E-state index in [1.54, 1.807) is 0 Å². The van der Waals surface area contributed by atoms with Gasteiger partial charge in [0.2, 0.25) is 0 Å². The van der Waals surface area contributed by atoms with E-state index in [-0.39, 0.29) is 5.92 Å². The van der Waals surface area contributed by atoms with E-state index in [1.807, 2.05) is 0 Å². The lowest BCUT2D eigenvalue weighted by Gasteiger charge is -2.24. The summed E-state index contributed by atoms with van der Waals surface area (Å²) in [6.07, 6.45) is 48.3. The molecule has 0 aromatic rings. The number of rotatable bonds is 38. The van der Waals surface area contributed by atoms with Crippen molar-refractivity contribution in [3.8, 4) is 0 Å². The summed E-state index contributed by atoms with van der Waals surface area (Å²) in [6.45, 7) is 6.83. The molecular formula is C42H84O2. The lowest BCUT2D eigenvalue weighted by Crippen LogP contribution is -2.24. The molecule has 0 bridgehead atoms. The highest BCUT2D eigenvalue weighted by molar-refractivity contribution is 5.70. The van der Waals surface area contributed by atoms with Crippen LogP contribution in [0.4, 0.5) is 0 Å². The Hall–Kier alpha value is -0.530. The van der Waals surface area contributed by atoms with Crippen LogP contribution in [-0.4, -0.2) is 11.1 Å². The fourth-order valence-electron chi connectivity index (χ4n) is 7.28. The Balaban J connectivity index is 4.08. The molecule has 0 amide bonds. The maximum atomic E-state index is 12.3. The van der Waals surface area contributed by atoms with Crippen LogP contribution in [0.2, 0.25) is 0 Å². The van der Waals surface area contributed by atoms with Crippen LogP contribution in [0.15, 0.2) is 0 Å². The Labute approximate surface area is 279 Å². The first-order valence-electron chi connectivity index (χ1n) is 20.9. The molecule has 0 fully saturated rings. The lowest BCUT2D eigenvalue weighted by molar-refractivity contribution is -0.144. The molecule has 0 saturated heterocycles. The highest BCUT2D eigenvalue weighted by Gasteiger charge is 2.26. The van der Waals surface area contributed by atoms with Crippen molar-refractivity contribution in [2.75, 3.05) is 0 Å². The molecule has 2 heteroatoms. The van der Waals surface area contributed by atoms with Crippen molar-refractivity contribution < 1.29 is 9.90 Å². The zero-order valence-corrected chi connectivity index (χ0v) is 31.0. The summed E-state index contributed by atoms with van der Waals surface area (Å²) in [5.41, 5.74) is 0. The number of hydrogen-bond donors (Lipinski definition) is 1.